The average Bonchev–Trinajstić information content (AvgIpc) is 3.29. The Balaban J connectivity index is 1.26. The zero-order valence-corrected chi connectivity index (χ0v) is 19.1. The summed E-state index contributed by atoms with van der Waals surface area (Å²) in [6, 6.07) is 18.0. The number of fused-ring (bicyclic) bond motifs is 1. The van der Waals surface area contributed by atoms with Crippen LogP contribution in [0.2, 0.25) is 0 Å². The highest BCUT2D eigenvalue weighted by atomic mass is 32.2. The first-order chi connectivity index (χ1) is 16.4. The molecule has 0 radical (unpaired) electrons. The summed E-state index contributed by atoms with van der Waals surface area (Å²) in [4.78, 5) is 17.5. The Morgan fingerprint density at radius 3 is 2.53 bits per heavy atom. The number of carbonyl (C=O) groups is 1. The van der Waals surface area contributed by atoms with Gasteiger partial charge in [-0.25, -0.2) is 17.8 Å². The number of hydrogen-bond donors (Lipinski definition) is 1. The number of imidazole rings is 1. The van der Waals surface area contributed by atoms with Crippen molar-refractivity contribution in [1.82, 2.24) is 13.7 Å². The highest BCUT2D eigenvalue weighted by Crippen LogP contribution is 2.26. The molecule has 1 aliphatic heterocycles. The smallest absolute Gasteiger partial charge is 0.243 e. The highest BCUT2D eigenvalue weighted by molar-refractivity contribution is 7.89. The van der Waals surface area contributed by atoms with Gasteiger partial charge in [0, 0.05) is 36.7 Å². The molecule has 1 fully saturated rings. The monoisotopic (exact) mass is 478 g/mol. The Morgan fingerprint density at radius 2 is 1.79 bits per heavy atom. The van der Waals surface area contributed by atoms with E-state index in [0.29, 0.717) is 25.1 Å². The molecule has 1 aliphatic rings. The second kappa shape index (κ2) is 9.00. The molecule has 0 saturated carbocycles. The van der Waals surface area contributed by atoms with Gasteiger partial charge in [-0.1, -0.05) is 18.2 Å². The van der Waals surface area contributed by atoms with E-state index in [1.54, 1.807) is 0 Å². The van der Waals surface area contributed by atoms with Crippen LogP contribution >= 0.6 is 0 Å². The van der Waals surface area contributed by atoms with Crippen molar-refractivity contribution in [1.29, 1.82) is 0 Å². The van der Waals surface area contributed by atoms with Crippen molar-refractivity contribution in [3.8, 4) is 11.3 Å². The minimum Gasteiger partial charge on any atom is -0.326 e. The predicted molar refractivity (Wildman–Crippen MR) is 127 cm³/mol. The van der Waals surface area contributed by atoms with Crippen LogP contribution in [0, 0.1) is 11.7 Å². The molecular weight excluding hydrogens is 455 g/mol. The van der Waals surface area contributed by atoms with Crippen molar-refractivity contribution in [3.05, 3.63) is 84.9 Å². The summed E-state index contributed by atoms with van der Waals surface area (Å²) >= 11 is 0. The predicted octanol–water partition coefficient (Wildman–Crippen LogP) is 4.18. The number of pyridine rings is 1. The van der Waals surface area contributed by atoms with Gasteiger partial charge in [0.1, 0.15) is 11.5 Å². The van der Waals surface area contributed by atoms with Crippen molar-refractivity contribution in [3.63, 3.8) is 0 Å². The zero-order valence-electron chi connectivity index (χ0n) is 18.3. The fourth-order valence-electron chi connectivity index (χ4n) is 4.17. The van der Waals surface area contributed by atoms with Gasteiger partial charge in [0.05, 0.1) is 16.5 Å². The van der Waals surface area contributed by atoms with E-state index in [1.807, 2.05) is 59.3 Å². The molecule has 1 amide bonds. The minimum absolute atomic E-state index is 0.0255. The van der Waals surface area contributed by atoms with Gasteiger partial charge in [-0.05, 0) is 61.4 Å². The molecule has 174 valence electrons. The van der Waals surface area contributed by atoms with Crippen LogP contribution in [0.5, 0.6) is 0 Å². The summed E-state index contributed by atoms with van der Waals surface area (Å²) in [6.07, 6.45) is 5.05. The van der Waals surface area contributed by atoms with E-state index in [2.05, 4.69) is 10.3 Å². The highest BCUT2D eigenvalue weighted by Gasteiger charge is 2.33. The Hall–Kier alpha value is -3.56. The fraction of sp³-hybridized carbons (Fsp3) is 0.200. The van der Waals surface area contributed by atoms with Crippen molar-refractivity contribution in [2.45, 2.75) is 17.7 Å². The molecule has 5 rings (SSSR count). The summed E-state index contributed by atoms with van der Waals surface area (Å²) < 4.78 is 42.3. The first-order valence-corrected chi connectivity index (χ1v) is 12.4. The Bertz CT molecular complexity index is 1400. The first-order valence-electron chi connectivity index (χ1n) is 11.0. The van der Waals surface area contributed by atoms with Gasteiger partial charge < -0.3 is 9.72 Å². The Morgan fingerprint density at radius 1 is 1.03 bits per heavy atom. The summed E-state index contributed by atoms with van der Waals surface area (Å²) in [5, 5.41) is 2.90. The lowest BCUT2D eigenvalue weighted by molar-refractivity contribution is -0.120. The van der Waals surface area contributed by atoms with E-state index in [4.69, 9.17) is 0 Å². The largest absolute Gasteiger partial charge is 0.326 e. The number of amides is 1. The molecule has 2 aromatic carbocycles. The van der Waals surface area contributed by atoms with Gasteiger partial charge in [0.25, 0.3) is 0 Å². The summed E-state index contributed by atoms with van der Waals surface area (Å²) in [5.41, 5.74) is 3.25. The van der Waals surface area contributed by atoms with Crippen LogP contribution in [0.15, 0.2) is 84.0 Å². The van der Waals surface area contributed by atoms with Crippen LogP contribution in [-0.2, 0) is 14.8 Å². The number of sulfonamides is 1. The number of aromatic nitrogens is 2. The molecule has 2 aromatic heterocycles. The number of anilines is 1. The van der Waals surface area contributed by atoms with E-state index in [0.717, 1.165) is 29.0 Å². The van der Waals surface area contributed by atoms with E-state index in [9.17, 15) is 17.6 Å². The van der Waals surface area contributed by atoms with Gasteiger partial charge >= 0.3 is 0 Å². The maximum Gasteiger partial charge on any atom is 0.243 e. The quantitative estimate of drug-likeness (QED) is 0.467. The lowest BCUT2D eigenvalue weighted by Gasteiger charge is -2.31. The first kappa shape index (κ1) is 22.2. The maximum atomic E-state index is 13.2. The number of hydrogen-bond acceptors (Lipinski definition) is 4. The number of carbonyl (C=O) groups excluding carboxylic acids is 1. The Labute approximate surface area is 196 Å². The number of nitrogens with zero attached hydrogens (tertiary/aromatic N) is 3. The lowest BCUT2D eigenvalue weighted by Crippen LogP contribution is -2.43. The lowest BCUT2D eigenvalue weighted by atomic mass is 9.98. The van der Waals surface area contributed by atoms with E-state index < -0.39 is 21.8 Å². The molecule has 3 heterocycles. The third-order valence-electron chi connectivity index (χ3n) is 6.02. The second-order valence-electron chi connectivity index (χ2n) is 8.31. The zero-order chi connectivity index (χ0) is 23.7. The molecule has 9 heteroatoms. The van der Waals surface area contributed by atoms with Gasteiger partial charge in [0.15, 0.2) is 0 Å². The van der Waals surface area contributed by atoms with Gasteiger partial charge in [-0.3, -0.25) is 4.79 Å². The molecule has 7 nitrogen and oxygen atoms in total. The third-order valence-corrected chi connectivity index (χ3v) is 7.90. The van der Waals surface area contributed by atoms with E-state index >= 15 is 0 Å². The Kier molecular flexibility index (Phi) is 5.89. The van der Waals surface area contributed by atoms with Crippen LogP contribution in [0.25, 0.3) is 16.9 Å². The van der Waals surface area contributed by atoms with Crippen molar-refractivity contribution >= 4 is 27.3 Å². The number of piperidine rings is 1. The number of nitrogens with one attached hydrogen (secondary N) is 1. The summed E-state index contributed by atoms with van der Waals surface area (Å²) in [7, 11) is -3.79. The summed E-state index contributed by atoms with van der Waals surface area (Å²) in [6.45, 7) is 0.419. The molecule has 1 unspecified atom stereocenters. The van der Waals surface area contributed by atoms with Gasteiger partial charge in [-0.15, -0.1) is 0 Å². The molecule has 1 N–H and O–H groups in total. The van der Waals surface area contributed by atoms with E-state index in [-0.39, 0.29) is 17.3 Å². The minimum atomic E-state index is -3.79. The SMILES string of the molecule is O=C(Nc1ccc(-c2cn3ccccc3n2)cc1)C1CCCN(S(=O)(=O)c2ccc(F)cc2)C1. The molecule has 34 heavy (non-hydrogen) atoms. The molecule has 1 atom stereocenters. The normalized spacial score (nSPS) is 17.0. The van der Waals surface area contributed by atoms with Crippen molar-refractivity contribution < 1.29 is 17.6 Å². The number of halogens is 1. The van der Waals surface area contributed by atoms with Crippen LogP contribution < -0.4 is 5.32 Å². The fourth-order valence-corrected chi connectivity index (χ4v) is 5.70. The van der Waals surface area contributed by atoms with Gasteiger partial charge in [-0.2, -0.15) is 4.31 Å². The van der Waals surface area contributed by atoms with Crippen LogP contribution in [0.3, 0.4) is 0 Å². The molecule has 0 bridgehead atoms. The number of benzene rings is 2. The molecule has 4 aromatic rings. The van der Waals surface area contributed by atoms with Gasteiger partial charge in [0.2, 0.25) is 15.9 Å². The van der Waals surface area contributed by atoms with Crippen LogP contribution in [0.1, 0.15) is 12.8 Å². The standard InChI is InChI=1S/C25H23FN4O3S/c26-20-8-12-22(13-9-20)34(32,33)30-15-3-4-19(16-30)25(31)27-21-10-6-18(7-11-21)23-17-29-14-2-1-5-24(29)28-23/h1-2,5-14,17,19H,3-4,15-16H2,(H,27,31). The topological polar surface area (TPSA) is 83.8 Å². The molecule has 0 aliphatic carbocycles. The number of rotatable bonds is 5. The van der Waals surface area contributed by atoms with E-state index in [1.165, 1.54) is 16.4 Å². The molecular formula is C25H23FN4O3S. The van der Waals surface area contributed by atoms with Crippen molar-refractivity contribution in [2.75, 3.05) is 18.4 Å². The maximum absolute atomic E-state index is 13.2. The third kappa shape index (κ3) is 4.44. The molecule has 1 saturated heterocycles. The van der Waals surface area contributed by atoms with Crippen LogP contribution in [-0.4, -0.2) is 41.1 Å². The molecule has 0 spiro atoms. The van der Waals surface area contributed by atoms with Crippen molar-refractivity contribution in [2.24, 2.45) is 5.92 Å². The summed E-state index contributed by atoms with van der Waals surface area (Å²) in [5.74, 6) is -1.19. The second-order valence-corrected chi connectivity index (χ2v) is 10.3. The average molecular weight is 479 g/mol. The van der Waals surface area contributed by atoms with Crippen LogP contribution in [0.4, 0.5) is 10.1 Å².